The van der Waals surface area contributed by atoms with Crippen molar-refractivity contribution in [3.05, 3.63) is 40.6 Å². The highest BCUT2D eigenvalue weighted by Crippen LogP contribution is 2.49. The standard InChI is InChI=1S/C21H30N4O2S/c1-16(2)25-12-19(22-15-25)18-11-23(10-17-4-9-28-13-17)14-21(18)5-6-24(20(21)26)7-8-27-3/h4,9,12-13,15-16,18H,5-8,10-11,14H2,1-3H3/t18-,21-/m0/s1. The van der Waals surface area contributed by atoms with Crippen molar-refractivity contribution >= 4 is 17.2 Å². The van der Waals surface area contributed by atoms with Crippen LogP contribution < -0.4 is 0 Å². The Bertz CT molecular complexity index is 803. The van der Waals surface area contributed by atoms with E-state index in [9.17, 15) is 4.79 Å². The van der Waals surface area contributed by atoms with Crippen molar-refractivity contribution in [1.82, 2.24) is 19.4 Å². The Kier molecular flexibility index (Phi) is 5.58. The third-order valence-electron chi connectivity index (χ3n) is 6.28. The summed E-state index contributed by atoms with van der Waals surface area (Å²) in [6, 6.07) is 2.55. The van der Waals surface area contributed by atoms with Crippen molar-refractivity contribution in [2.45, 2.75) is 38.8 Å². The van der Waals surface area contributed by atoms with E-state index in [0.717, 1.165) is 38.3 Å². The second-order valence-corrected chi connectivity index (χ2v) is 9.16. The van der Waals surface area contributed by atoms with Gasteiger partial charge in [-0.1, -0.05) is 0 Å². The molecule has 2 atom stereocenters. The van der Waals surface area contributed by atoms with Gasteiger partial charge in [-0.25, -0.2) is 4.98 Å². The molecule has 0 bridgehead atoms. The molecular formula is C21H30N4O2S. The fraction of sp³-hybridized carbons (Fsp3) is 0.619. The molecule has 2 aromatic heterocycles. The molecule has 0 N–H and O–H groups in total. The highest BCUT2D eigenvalue weighted by atomic mass is 32.1. The fourth-order valence-electron chi connectivity index (χ4n) is 4.70. The Hall–Kier alpha value is -1.70. The van der Waals surface area contributed by atoms with Gasteiger partial charge in [0.15, 0.2) is 0 Å². The predicted molar refractivity (Wildman–Crippen MR) is 110 cm³/mol. The van der Waals surface area contributed by atoms with Crippen molar-refractivity contribution in [3.63, 3.8) is 0 Å². The van der Waals surface area contributed by atoms with Crippen LogP contribution in [0.3, 0.4) is 0 Å². The molecule has 0 aliphatic carbocycles. The van der Waals surface area contributed by atoms with Gasteiger partial charge in [0.25, 0.3) is 0 Å². The Morgan fingerprint density at radius 2 is 2.29 bits per heavy atom. The monoisotopic (exact) mass is 402 g/mol. The topological polar surface area (TPSA) is 50.6 Å². The smallest absolute Gasteiger partial charge is 0.230 e. The number of methoxy groups -OCH3 is 1. The Morgan fingerprint density at radius 1 is 1.43 bits per heavy atom. The zero-order chi connectivity index (χ0) is 19.7. The van der Waals surface area contributed by atoms with Crippen molar-refractivity contribution in [1.29, 1.82) is 0 Å². The molecule has 1 amide bonds. The number of carbonyl (C=O) groups excluding carboxylic acids is 1. The van der Waals surface area contributed by atoms with Gasteiger partial charge in [-0.15, -0.1) is 0 Å². The zero-order valence-corrected chi connectivity index (χ0v) is 17.8. The Morgan fingerprint density at radius 3 is 2.96 bits per heavy atom. The fourth-order valence-corrected chi connectivity index (χ4v) is 5.36. The van der Waals surface area contributed by atoms with Crippen LogP contribution in [-0.2, 0) is 16.1 Å². The molecule has 0 saturated carbocycles. The molecule has 2 saturated heterocycles. The van der Waals surface area contributed by atoms with Gasteiger partial charge in [-0.05, 0) is 42.7 Å². The van der Waals surface area contributed by atoms with Crippen molar-refractivity contribution < 1.29 is 9.53 Å². The number of amides is 1. The molecule has 152 valence electrons. The number of hydrogen-bond donors (Lipinski definition) is 0. The summed E-state index contributed by atoms with van der Waals surface area (Å²) in [5, 5.41) is 4.32. The van der Waals surface area contributed by atoms with Gasteiger partial charge in [0.05, 0.1) is 24.0 Å². The maximum Gasteiger partial charge on any atom is 0.230 e. The molecule has 28 heavy (non-hydrogen) atoms. The summed E-state index contributed by atoms with van der Waals surface area (Å²) in [7, 11) is 1.69. The maximum absolute atomic E-state index is 13.5. The van der Waals surface area contributed by atoms with Gasteiger partial charge in [-0.3, -0.25) is 9.69 Å². The quantitative estimate of drug-likeness (QED) is 0.714. The normalized spacial score (nSPS) is 25.6. The van der Waals surface area contributed by atoms with Crippen LogP contribution in [0.1, 0.15) is 43.5 Å². The summed E-state index contributed by atoms with van der Waals surface area (Å²) in [5.41, 5.74) is 2.03. The lowest BCUT2D eigenvalue weighted by atomic mass is 9.75. The van der Waals surface area contributed by atoms with Gasteiger partial charge in [0.1, 0.15) is 0 Å². The summed E-state index contributed by atoms with van der Waals surface area (Å²) in [4.78, 5) is 22.7. The van der Waals surface area contributed by atoms with Gasteiger partial charge in [0, 0.05) is 58.0 Å². The molecule has 0 radical (unpaired) electrons. The van der Waals surface area contributed by atoms with E-state index in [0.29, 0.717) is 19.2 Å². The minimum Gasteiger partial charge on any atom is -0.383 e. The van der Waals surface area contributed by atoms with Crippen LogP contribution in [-0.4, -0.2) is 65.2 Å². The van der Waals surface area contributed by atoms with E-state index in [1.165, 1.54) is 5.56 Å². The first-order valence-electron chi connectivity index (χ1n) is 10.1. The number of carbonyl (C=O) groups is 1. The summed E-state index contributed by atoms with van der Waals surface area (Å²) in [6.07, 6.45) is 4.96. The van der Waals surface area contributed by atoms with E-state index in [1.807, 2.05) is 11.2 Å². The number of nitrogens with zero attached hydrogens (tertiary/aromatic N) is 4. The van der Waals surface area contributed by atoms with Crippen LogP contribution in [0.4, 0.5) is 0 Å². The number of thiophene rings is 1. The average Bonchev–Trinajstić information content (AvgIpc) is 3.44. The number of ether oxygens (including phenoxy) is 1. The first-order valence-corrected chi connectivity index (χ1v) is 11.0. The van der Waals surface area contributed by atoms with Crippen LogP contribution in [0.25, 0.3) is 0 Å². The second kappa shape index (κ2) is 7.97. The molecule has 6 nitrogen and oxygen atoms in total. The van der Waals surface area contributed by atoms with Crippen molar-refractivity contribution in [3.8, 4) is 0 Å². The van der Waals surface area contributed by atoms with Crippen molar-refractivity contribution in [2.24, 2.45) is 5.41 Å². The largest absolute Gasteiger partial charge is 0.383 e. The summed E-state index contributed by atoms with van der Waals surface area (Å²) in [5.74, 6) is 0.424. The van der Waals surface area contributed by atoms with Gasteiger partial charge in [-0.2, -0.15) is 11.3 Å². The molecule has 4 rings (SSSR count). The van der Waals surface area contributed by atoms with Crippen LogP contribution in [0, 0.1) is 5.41 Å². The Labute approximate surface area is 171 Å². The van der Waals surface area contributed by atoms with E-state index < -0.39 is 0 Å². The van der Waals surface area contributed by atoms with Gasteiger partial charge in [0.2, 0.25) is 5.91 Å². The summed E-state index contributed by atoms with van der Waals surface area (Å²) < 4.78 is 7.36. The molecule has 4 heterocycles. The molecule has 2 aromatic rings. The lowest BCUT2D eigenvalue weighted by Gasteiger charge is -2.28. The molecule has 2 aliphatic heterocycles. The molecule has 1 spiro atoms. The van der Waals surface area contributed by atoms with E-state index in [4.69, 9.17) is 9.72 Å². The highest BCUT2D eigenvalue weighted by molar-refractivity contribution is 7.07. The Balaban J connectivity index is 1.61. The first-order chi connectivity index (χ1) is 13.5. The zero-order valence-electron chi connectivity index (χ0n) is 17.0. The van der Waals surface area contributed by atoms with Gasteiger partial charge < -0.3 is 14.2 Å². The SMILES string of the molecule is COCCN1CC[C@@]2(CN(Cc3ccsc3)C[C@H]2c2cn(C(C)C)cn2)C1=O. The number of imidazole rings is 1. The number of likely N-dealkylation sites (tertiary alicyclic amines) is 2. The minimum absolute atomic E-state index is 0.145. The number of aromatic nitrogens is 2. The van der Waals surface area contributed by atoms with Crippen LogP contribution in [0.5, 0.6) is 0 Å². The minimum atomic E-state index is -0.361. The van der Waals surface area contributed by atoms with Crippen LogP contribution >= 0.6 is 11.3 Å². The molecule has 0 aromatic carbocycles. The summed E-state index contributed by atoms with van der Waals surface area (Å²) in [6.45, 7) is 8.99. The van der Waals surface area contributed by atoms with Crippen molar-refractivity contribution in [2.75, 3.05) is 39.9 Å². The first kappa shape index (κ1) is 19.6. The molecule has 2 fully saturated rings. The lowest BCUT2D eigenvalue weighted by Crippen LogP contribution is -2.40. The van der Waals surface area contributed by atoms with Gasteiger partial charge >= 0.3 is 0 Å². The second-order valence-electron chi connectivity index (χ2n) is 8.38. The molecular weight excluding hydrogens is 372 g/mol. The summed E-state index contributed by atoms with van der Waals surface area (Å²) >= 11 is 1.73. The predicted octanol–water partition coefficient (Wildman–Crippen LogP) is 2.99. The van der Waals surface area contributed by atoms with E-state index in [-0.39, 0.29) is 17.2 Å². The molecule has 2 aliphatic rings. The third-order valence-corrected chi connectivity index (χ3v) is 7.01. The van der Waals surface area contributed by atoms with E-state index in [1.54, 1.807) is 18.4 Å². The highest BCUT2D eigenvalue weighted by Gasteiger charge is 2.57. The number of hydrogen-bond acceptors (Lipinski definition) is 5. The molecule has 0 unspecified atom stereocenters. The maximum atomic E-state index is 13.5. The van der Waals surface area contributed by atoms with Crippen LogP contribution in [0.15, 0.2) is 29.4 Å². The van der Waals surface area contributed by atoms with E-state index in [2.05, 4.69) is 46.3 Å². The average molecular weight is 403 g/mol. The van der Waals surface area contributed by atoms with E-state index >= 15 is 0 Å². The third kappa shape index (κ3) is 3.51. The number of rotatable bonds is 7. The lowest BCUT2D eigenvalue weighted by molar-refractivity contribution is -0.136. The molecule has 7 heteroatoms. The van der Waals surface area contributed by atoms with Crippen LogP contribution in [0.2, 0.25) is 0 Å².